The molecule has 0 fully saturated rings. The summed E-state index contributed by atoms with van der Waals surface area (Å²) in [6, 6.07) is 7.61. The highest BCUT2D eigenvalue weighted by Gasteiger charge is 2.05. The lowest BCUT2D eigenvalue weighted by Gasteiger charge is -2.13. The van der Waals surface area contributed by atoms with Gasteiger partial charge in [0.15, 0.2) is 0 Å². The summed E-state index contributed by atoms with van der Waals surface area (Å²) in [5.74, 6) is 0.316. The number of benzene rings is 1. The fraction of sp³-hybridized carbons (Fsp3) is 0.357. The molecule has 0 spiro atoms. The van der Waals surface area contributed by atoms with E-state index < -0.39 is 0 Å². The average molecular weight is 262 g/mol. The number of phenolic OH excluding ortho intramolecular Hbond substituents is 1. The van der Waals surface area contributed by atoms with E-state index in [9.17, 15) is 5.11 Å². The Morgan fingerprint density at radius 3 is 2.94 bits per heavy atom. The molecule has 1 aromatic carbocycles. The molecule has 0 saturated carbocycles. The molecule has 0 aliphatic carbocycles. The Morgan fingerprint density at radius 1 is 1.44 bits per heavy atom. The van der Waals surface area contributed by atoms with Crippen LogP contribution in [0.1, 0.15) is 29.2 Å². The van der Waals surface area contributed by atoms with Gasteiger partial charge in [0.2, 0.25) is 0 Å². The zero-order chi connectivity index (χ0) is 13.0. The van der Waals surface area contributed by atoms with Crippen molar-refractivity contribution in [3.8, 4) is 5.75 Å². The molecule has 96 valence electrons. The van der Waals surface area contributed by atoms with Gasteiger partial charge in [-0.15, -0.1) is 11.3 Å². The third-order valence-corrected chi connectivity index (χ3v) is 3.85. The molecule has 1 heterocycles. The van der Waals surface area contributed by atoms with E-state index in [1.54, 1.807) is 23.5 Å². The van der Waals surface area contributed by atoms with E-state index in [0.717, 1.165) is 24.2 Å². The molecule has 0 radical (unpaired) electrons. The molecular weight excluding hydrogens is 244 g/mol. The number of hydrogen-bond donors (Lipinski definition) is 2. The summed E-state index contributed by atoms with van der Waals surface area (Å²) < 4.78 is 0. The van der Waals surface area contributed by atoms with Gasteiger partial charge in [-0.3, -0.25) is 0 Å². The van der Waals surface area contributed by atoms with Crippen molar-refractivity contribution in [1.29, 1.82) is 0 Å². The second-order valence-corrected chi connectivity index (χ2v) is 5.35. The normalized spacial score (nSPS) is 12.6. The molecule has 0 amide bonds. The third-order valence-electron chi connectivity index (χ3n) is 2.83. The highest BCUT2D eigenvalue weighted by Crippen LogP contribution is 2.17. The van der Waals surface area contributed by atoms with E-state index >= 15 is 0 Å². The molecular formula is C14H18N2OS. The first kappa shape index (κ1) is 13.1. The van der Waals surface area contributed by atoms with Gasteiger partial charge in [0.05, 0.1) is 5.01 Å². The first-order valence-electron chi connectivity index (χ1n) is 6.08. The summed E-state index contributed by atoms with van der Waals surface area (Å²) in [7, 11) is 0. The van der Waals surface area contributed by atoms with Crippen LogP contribution in [0.5, 0.6) is 5.75 Å². The molecule has 3 nitrogen and oxygen atoms in total. The van der Waals surface area contributed by atoms with E-state index in [0.29, 0.717) is 5.75 Å². The van der Waals surface area contributed by atoms with Crippen molar-refractivity contribution in [2.75, 3.05) is 6.54 Å². The maximum absolute atomic E-state index is 9.43. The maximum Gasteiger partial charge on any atom is 0.115 e. The van der Waals surface area contributed by atoms with Crippen molar-refractivity contribution in [2.45, 2.75) is 26.3 Å². The summed E-state index contributed by atoms with van der Waals surface area (Å²) >= 11 is 1.71. The third kappa shape index (κ3) is 3.55. The minimum atomic E-state index is 0.234. The molecule has 1 atom stereocenters. The van der Waals surface area contributed by atoms with Gasteiger partial charge < -0.3 is 10.4 Å². The van der Waals surface area contributed by atoms with Crippen LogP contribution in [0.3, 0.4) is 0 Å². The number of aromatic hydroxyl groups is 1. The van der Waals surface area contributed by atoms with Crippen molar-refractivity contribution < 1.29 is 5.11 Å². The predicted octanol–water partition coefficient (Wildman–Crippen LogP) is 3.05. The van der Waals surface area contributed by atoms with E-state index in [2.05, 4.69) is 22.6 Å². The van der Waals surface area contributed by atoms with E-state index in [1.807, 2.05) is 19.1 Å². The number of hydrogen-bond acceptors (Lipinski definition) is 4. The summed E-state index contributed by atoms with van der Waals surface area (Å²) in [5, 5.41) is 16.1. The molecule has 0 saturated heterocycles. The van der Waals surface area contributed by atoms with Crippen LogP contribution in [0.4, 0.5) is 0 Å². The maximum atomic E-state index is 9.43. The van der Waals surface area contributed by atoms with Gasteiger partial charge in [0, 0.05) is 30.1 Å². The second kappa shape index (κ2) is 5.98. The molecule has 2 N–H and O–H groups in total. The lowest BCUT2D eigenvalue weighted by molar-refractivity contribution is 0.472. The minimum absolute atomic E-state index is 0.234. The first-order chi connectivity index (χ1) is 8.65. The van der Waals surface area contributed by atoms with Crippen molar-refractivity contribution in [3.63, 3.8) is 0 Å². The zero-order valence-electron chi connectivity index (χ0n) is 10.7. The van der Waals surface area contributed by atoms with Gasteiger partial charge in [0.1, 0.15) is 5.75 Å². The number of aromatic nitrogens is 1. The van der Waals surface area contributed by atoms with Crippen LogP contribution in [0.25, 0.3) is 0 Å². The lowest BCUT2D eigenvalue weighted by atomic mass is 10.1. The standard InChI is InChI=1S/C14H18N2OS/c1-10-9-18-14(16-10)6-7-15-11(2)12-4-3-5-13(17)8-12/h3-5,8-9,11,15,17H,6-7H2,1-2H3. The monoisotopic (exact) mass is 262 g/mol. The molecule has 1 aromatic heterocycles. The summed E-state index contributed by atoms with van der Waals surface area (Å²) in [4.78, 5) is 4.43. The minimum Gasteiger partial charge on any atom is -0.508 e. The number of thiazole rings is 1. The number of nitrogens with zero attached hydrogens (tertiary/aromatic N) is 1. The predicted molar refractivity (Wildman–Crippen MR) is 75.1 cm³/mol. The molecule has 0 aliphatic rings. The van der Waals surface area contributed by atoms with Gasteiger partial charge in [-0.05, 0) is 31.5 Å². The quantitative estimate of drug-likeness (QED) is 0.870. The smallest absolute Gasteiger partial charge is 0.115 e. The van der Waals surface area contributed by atoms with Crippen LogP contribution in [0.15, 0.2) is 29.6 Å². The molecule has 0 bridgehead atoms. The fourth-order valence-electron chi connectivity index (χ4n) is 1.83. The molecule has 2 aromatic rings. The Labute approximate surface area is 112 Å². The number of aryl methyl sites for hydroxylation is 1. The lowest BCUT2D eigenvalue weighted by Crippen LogP contribution is -2.21. The van der Waals surface area contributed by atoms with Crippen LogP contribution in [-0.4, -0.2) is 16.6 Å². The van der Waals surface area contributed by atoms with Crippen molar-refractivity contribution in [2.24, 2.45) is 0 Å². The van der Waals surface area contributed by atoms with Gasteiger partial charge in [-0.1, -0.05) is 12.1 Å². The fourth-order valence-corrected chi connectivity index (χ4v) is 2.60. The molecule has 2 rings (SSSR count). The number of rotatable bonds is 5. The zero-order valence-corrected chi connectivity index (χ0v) is 11.5. The summed E-state index contributed by atoms with van der Waals surface area (Å²) in [5.41, 5.74) is 2.20. The second-order valence-electron chi connectivity index (χ2n) is 4.40. The average Bonchev–Trinajstić information content (AvgIpc) is 2.75. The summed E-state index contributed by atoms with van der Waals surface area (Å²) in [6.45, 7) is 5.01. The SMILES string of the molecule is Cc1csc(CCNC(C)c2cccc(O)c2)n1. The molecule has 4 heteroatoms. The summed E-state index contributed by atoms with van der Waals surface area (Å²) in [6.07, 6.45) is 0.946. The largest absolute Gasteiger partial charge is 0.508 e. The Morgan fingerprint density at radius 2 is 2.28 bits per heavy atom. The van der Waals surface area contributed by atoms with Crippen LogP contribution in [0, 0.1) is 6.92 Å². The van der Waals surface area contributed by atoms with Gasteiger partial charge in [-0.2, -0.15) is 0 Å². The highest BCUT2D eigenvalue weighted by molar-refractivity contribution is 7.09. The van der Waals surface area contributed by atoms with Crippen molar-refractivity contribution in [3.05, 3.63) is 45.9 Å². The van der Waals surface area contributed by atoms with Gasteiger partial charge in [0.25, 0.3) is 0 Å². The Hall–Kier alpha value is -1.39. The Kier molecular flexibility index (Phi) is 4.33. The highest BCUT2D eigenvalue weighted by atomic mass is 32.1. The number of phenols is 1. The van der Waals surface area contributed by atoms with Crippen LogP contribution >= 0.6 is 11.3 Å². The van der Waals surface area contributed by atoms with E-state index in [-0.39, 0.29) is 6.04 Å². The van der Waals surface area contributed by atoms with Crippen LogP contribution < -0.4 is 5.32 Å². The Bertz CT molecular complexity index is 510. The van der Waals surface area contributed by atoms with Crippen LogP contribution in [0.2, 0.25) is 0 Å². The first-order valence-corrected chi connectivity index (χ1v) is 6.96. The van der Waals surface area contributed by atoms with Crippen molar-refractivity contribution in [1.82, 2.24) is 10.3 Å². The van der Waals surface area contributed by atoms with Crippen LogP contribution in [-0.2, 0) is 6.42 Å². The molecule has 18 heavy (non-hydrogen) atoms. The molecule has 1 unspecified atom stereocenters. The molecule has 0 aliphatic heterocycles. The number of nitrogens with one attached hydrogen (secondary N) is 1. The van der Waals surface area contributed by atoms with E-state index in [1.165, 1.54) is 5.01 Å². The Balaban J connectivity index is 1.83. The van der Waals surface area contributed by atoms with Gasteiger partial charge >= 0.3 is 0 Å². The topological polar surface area (TPSA) is 45.1 Å². The van der Waals surface area contributed by atoms with Gasteiger partial charge in [-0.25, -0.2) is 4.98 Å². The van der Waals surface area contributed by atoms with E-state index in [4.69, 9.17) is 0 Å². The van der Waals surface area contributed by atoms with Crippen molar-refractivity contribution >= 4 is 11.3 Å².